The van der Waals surface area contributed by atoms with Gasteiger partial charge in [-0.3, -0.25) is 9.59 Å². The molecule has 1 rings (SSSR count). The van der Waals surface area contributed by atoms with Gasteiger partial charge in [0.25, 0.3) is 0 Å². The third-order valence-corrected chi connectivity index (χ3v) is 3.04. The molecule has 3 N–H and O–H groups in total. The van der Waals surface area contributed by atoms with Crippen molar-refractivity contribution >= 4 is 17.6 Å². The first-order valence-electron chi connectivity index (χ1n) is 7.01. The van der Waals surface area contributed by atoms with Crippen molar-refractivity contribution in [3.8, 4) is 5.75 Å². The van der Waals surface area contributed by atoms with Crippen molar-refractivity contribution in [2.45, 2.75) is 26.2 Å². The van der Waals surface area contributed by atoms with Crippen LogP contribution in [0.25, 0.3) is 0 Å². The number of carbonyl (C=O) groups is 2. The van der Waals surface area contributed by atoms with E-state index in [4.69, 9.17) is 15.6 Å². The Hall–Kier alpha value is -2.24. The molecule has 0 spiro atoms. The summed E-state index contributed by atoms with van der Waals surface area (Å²) >= 11 is 0. The average molecular weight is 294 g/mol. The van der Waals surface area contributed by atoms with E-state index in [2.05, 4.69) is 0 Å². The highest BCUT2D eigenvalue weighted by Gasteiger charge is 2.12. The topological polar surface area (TPSA) is 92.9 Å². The molecule has 6 heteroatoms. The maximum atomic E-state index is 11.9. The Labute approximate surface area is 124 Å². The van der Waals surface area contributed by atoms with E-state index in [9.17, 15) is 9.59 Å². The molecule has 0 atom stereocenters. The first kappa shape index (κ1) is 16.8. The number of hydrogen-bond donors (Lipinski definition) is 2. The molecule has 0 radical (unpaired) electrons. The largest absolute Gasteiger partial charge is 0.491 e. The van der Waals surface area contributed by atoms with Gasteiger partial charge < -0.3 is 20.5 Å². The number of benzene rings is 1. The quantitative estimate of drug-likeness (QED) is 0.534. The number of ether oxygens (including phenoxy) is 1. The van der Waals surface area contributed by atoms with Crippen LogP contribution in [0, 0.1) is 0 Å². The molecule has 0 bridgehead atoms. The Bertz CT molecular complexity index is 476. The number of nitrogens with zero attached hydrogens (tertiary/aromatic N) is 1. The summed E-state index contributed by atoms with van der Waals surface area (Å²) in [6.07, 6.45) is 0.869. The summed E-state index contributed by atoms with van der Waals surface area (Å²) in [6, 6.07) is 7.20. The van der Waals surface area contributed by atoms with Crippen LogP contribution < -0.4 is 10.5 Å². The fourth-order valence-corrected chi connectivity index (χ4v) is 1.87. The number of amides is 1. The lowest BCUT2D eigenvalue weighted by Gasteiger charge is -2.20. The summed E-state index contributed by atoms with van der Waals surface area (Å²) in [5, 5.41) is 8.64. The van der Waals surface area contributed by atoms with Crippen molar-refractivity contribution in [3.63, 3.8) is 0 Å². The molecule has 0 fully saturated rings. The molecule has 0 heterocycles. The normalized spacial score (nSPS) is 10.1. The van der Waals surface area contributed by atoms with Gasteiger partial charge in [-0.1, -0.05) is 12.1 Å². The van der Waals surface area contributed by atoms with Gasteiger partial charge in [0.15, 0.2) is 0 Å². The van der Waals surface area contributed by atoms with Gasteiger partial charge in [-0.2, -0.15) is 0 Å². The molecule has 21 heavy (non-hydrogen) atoms. The Kier molecular flexibility index (Phi) is 7.08. The molecule has 1 aromatic carbocycles. The Morgan fingerprint density at radius 3 is 2.62 bits per heavy atom. The number of carboxylic acid groups (broad SMARTS) is 1. The molecule has 0 unspecified atom stereocenters. The van der Waals surface area contributed by atoms with Gasteiger partial charge in [-0.05, 0) is 25.5 Å². The summed E-state index contributed by atoms with van der Waals surface area (Å²) in [4.78, 5) is 24.0. The number of carbonyl (C=O) groups excluding carboxylic acids is 1. The standard InChI is InChI=1S/C15H22N2O4/c1-2-17(10-9-15(19)20)14(18)8-5-11-21-13-7-4-3-6-12(13)16/h3-4,6-7H,2,5,8-11,16H2,1H3,(H,19,20). The van der Waals surface area contributed by atoms with Crippen molar-refractivity contribution in [1.82, 2.24) is 4.90 Å². The molecule has 6 nitrogen and oxygen atoms in total. The summed E-state index contributed by atoms with van der Waals surface area (Å²) in [5.74, 6) is -0.337. The van der Waals surface area contributed by atoms with Gasteiger partial charge >= 0.3 is 5.97 Å². The highest BCUT2D eigenvalue weighted by Crippen LogP contribution is 2.19. The van der Waals surface area contributed by atoms with Gasteiger partial charge in [0.05, 0.1) is 18.7 Å². The van der Waals surface area contributed by atoms with Crippen molar-refractivity contribution in [2.75, 3.05) is 25.4 Å². The molecule has 1 amide bonds. The third kappa shape index (κ3) is 6.16. The van der Waals surface area contributed by atoms with E-state index in [0.717, 1.165) is 0 Å². The van der Waals surface area contributed by atoms with Crippen LogP contribution >= 0.6 is 0 Å². The molecule has 0 saturated heterocycles. The van der Waals surface area contributed by atoms with Crippen LogP contribution in [-0.2, 0) is 9.59 Å². The predicted molar refractivity (Wildman–Crippen MR) is 80.1 cm³/mol. The molecule has 0 aromatic heterocycles. The fourth-order valence-electron chi connectivity index (χ4n) is 1.87. The van der Waals surface area contributed by atoms with Gasteiger partial charge in [-0.15, -0.1) is 0 Å². The fraction of sp³-hybridized carbons (Fsp3) is 0.467. The zero-order valence-corrected chi connectivity index (χ0v) is 12.2. The predicted octanol–water partition coefficient (Wildman–Crippen LogP) is 1.75. The number of nitrogens with two attached hydrogens (primary N) is 1. The van der Waals surface area contributed by atoms with E-state index in [1.54, 1.807) is 17.0 Å². The van der Waals surface area contributed by atoms with E-state index in [1.165, 1.54) is 0 Å². The van der Waals surface area contributed by atoms with Crippen LogP contribution in [0.1, 0.15) is 26.2 Å². The number of para-hydroxylation sites is 2. The van der Waals surface area contributed by atoms with Crippen molar-refractivity contribution in [1.29, 1.82) is 0 Å². The molecule has 116 valence electrons. The summed E-state index contributed by atoms with van der Waals surface area (Å²) in [6.45, 7) is 2.99. The number of carboxylic acids is 1. The van der Waals surface area contributed by atoms with E-state index in [-0.39, 0.29) is 18.9 Å². The van der Waals surface area contributed by atoms with Gasteiger partial charge in [0.2, 0.25) is 5.91 Å². The summed E-state index contributed by atoms with van der Waals surface area (Å²) < 4.78 is 5.51. The smallest absolute Gasteiger partial charge is 0.305 e. The highest BCUT2D eigenvalue weighted by molar-refractivity contribution is 5.77. The third-order valence-electron chi connectivity index (χ3n) is 3.04. The number of rotatable bonds is 9. The number of aliphatic carboxylic acids is 1. The summed E-state index contributed by atoms with van der Waals surface area (Å²) in [7, 11) is 0. The number of hydrogen-bond acceptors (Lipinski definition) is 4. The second-order valence-electron chi connectivity index (χ2n) is 4.61. The molecule has 0 saturated carbocycles. The van der Waals surface area contributed by atoms with Crippen molar-refractivity contribution in [3.05, 3.63) is 24.3 Å². The zero-order valence-electron chi connectivity index (χ0n) is 12.2. The molecule has 0 aliphatic rings. The van der Waals surface area contributed by atoms with Gasteiger partial charge in [-0.25, -0.2) is 0 Å². The lowest BCUT2D eigenvalue weighted by Crippen LogP contribution is -2.32. The van der Waals surface area contributed by atoms with Crippen molar-refractivity contribution < 1.29 is 19.4 Å². The van der Waals surface area contributed by atoms with E-state index in [1.807, 2.05) is 19.1 Å². The second kappa shape index (κ2) is 8.84. The Balaban J connectivity index is 2.29. The molecule has 1 aromatic rings. The van der Waals surface area contributed by atoms with Crippen molar-refractivity contribution in [2.24, 2.45) is 0 Å². The average Bonchev–Trinajstić information content (AvgIpc) is 2.45. The van der Waals surface area contributed by atoms with Crippen LogP contribution in [0.4, 0.5) is 5.69 Å². The minimum absolute atomic E-state index is 0.0311. The molecule has 0 aliphatic carbocycles. The zero-order chi connectivity index (χ0) is 15.7. The Morgan fingerprint density at radius 2 is 2.00 bits per heavy atom. The minimum Gasteiger partial charge on any atom is -0.491 e. The van der Waals surface area contributed by atoms with Crippen LogP contribution in [-0.4, -0.2) is 41.6 Å². The van der Waals surface area contributed by atoms with E-state index < -0.39 is 5.97 Å². The van der Waals surface area contributed by atoms with Crippen LogP contribution in [0.3, 0.4) is 0 Å². The first-order chi connectivity index (χ1) is 10.0. The van der Waals surface area contributed by atoms with E-state index in [0.29, 0.717) is 37.4 Å². The van der Waals surface area contributed by atoms with Gasteiger partial charge in [0, 0.05) is 19.5 Å². The SMILES string of the molecule is CCN(CCC(=O)O)C(=O)CCCOc1ccccc1N. The molecule has 0 aliphatic heterocycles. The second-order valence-corrected chi connectivity index (χ2v) is 4.61. The maximum Gasteiger partial charge on any atom is 0.305 e. The number of anilines is 1. The minimum atomic E-state index is -0.899. The van der Waals surface area contributed by atoms with E-state index >= 15 is 0 Å². The lowest BCUT2D eigenvalue weighted by atomic mass is 10.2. The van der Waals surface area contributed by atoms with Gasteiger partial charge in [0.1, 0.15) is 5.75 Å². The Morgan fingerprint density at radius 1 is 1.29 bits per heavy atom. The monoisotopic (exact) mass is 294 g/mol. The molecular weight excluding hydrogens is 272 g/mol. The number of nitrogen functional groups attached to an aromatic ring is 1. The maximum absolute atomic E-state index is 11.9. The van der Waals surface area contributed by atoms with Crippen LogP contribution in [0.5, 0.6) is 5.75 Å². The molecular formula is C15H22N2O4. The highest BCUT2D eigenvalue weighted by atomic mass is 16.5. The lowest BCUT2D eigenvalue weighted by molar-refractivity contribution is -0.138. The van der Waals surface area contributed by atoms with Crippen LogP contribution in [0.15, 0.2) is 24.3 Å². The summed E-state index contributed by atoms with van der Waals surface area (Å²) in [5.41, 5.74) is 6.31. The first-order valence-corrected chi connectivity index (χ1v) is 7.01. The van der Waals surface area contributed by atoms with Crippen LogP contribution in [0.2, 0.25) is 0 Å².